The molecular weight excluding hydrogens is 192 g/mol. The molecular formula is C12H12OS. The van der Waals surface area contributed by atoms with E-state index in [9.17, 15) is 4.79 Å². The van der Waals surface area contributed by atoms with Crippen molar-refractivity contribution in [1.82, 2.24) is 0 Å². The number of carbonyl (C=O) groups is 1. The van der Waals surface area contributed by atoms with Crippen LogP contribution in [0.3, 0.4) is 0 Å². The first-order chi connectivity index (χ1) is 6.84. The maximum absolute atomic E-state index is 11.2. The van der Waals surface area contributed by atoms with Crippen molar-refractivity contribution in [1.29, 1.82) is 0 Å². The third kappa shape index (κ3) is 2.48. The van der Waals surface area contributed by atoms with E-state index >= 15 is 0 Å². The Morgan fingerprint density at radius 1 is 1.07 bits per heavy atom. The number of hydrogen-bond acceptors (Lipinski definition) is 2. The van der Waals surface area contributed by atoms with Crippen LogP contribution in [0, 0.1) is 0 Å². The average molecular weight is 204 g/mol. The first-order valence-corrected chi connectivity index (χ1v) is 5.62. The van der Waals surface area contributed by atoms with Gasteiger partial charge in [-0.15, -0.1) is 0 Å². The van der Waals surface area contributed by atoms with E-state index in [0.29, 0.717) is 0 Å². The van der Waals surface area contributed by atoms with Crippen LogP contribution in [0.5, 0.6) is 0 Å². The van der Waals surface area contributed by atoms with Crippen LogP contribution in [0.1, 0.15) is 19.3 Å². The summed E-state index contributed by atoms with van der Waals surface area (Å²) in [4.78, 5) is 13.6. The summed E-state index contributed by atoms with van der Waals surface area (Å²) >= 11 is 1.71. The van der Waals surface area contributed by atoms with Crippen LogP contribution in [0.25, 0.3) is 0 Å². The molecule has 0 aliphatic heterocycles. The molecule has 1 aromatic carbocycles. The van der Waals surface area contributed by atoms with Crippen molar-refractivity contribution in [3.8, 4) is 0 Å². The summed E-state index contributed by atoms with van der Waals surface area (Å²) in [5.41, 5.74) is 0. The van der Waals surface area contributed by atoms with E-state index in [2.05, 4.69) is 12.1 Å². The highest BCUT2D eigenvalue weighted by molar-refractivity contribution is 8.03. The monoisotopic (exact) mass is 204 g/mol. The first-order valence-electron chi connectivity index (χ1n) is 4.81. The minimum Gasteiger partial charge on any atom is -0.295 e. The summed E-state index contributed by atoms with van der Waals surface area (Å²) in [5, 5.41) is 0. The molecule has 0 saturated heterocycles. The van der Waals surface area contributed by atoms with Gasteiger partial charge in [0.1, 0.15) is 0 Å². The van der Waals surface area contributed by atoms with E-state index in [4.69, 9.17) is 0 Å². The number of rotatable bonds is 2. The van der Waals surface area contributed by atoms with Crippen molar-refractivity contribution in [2.75, 3.05) is 0 Å². The Balaban J connectivity index is 2.08. The van der Waals surface area contributed by atoms with Gasteiger partial charge in [0.2, 0.25) is 0 Å². The van der Waals surface area contributed by atoms with E-state index < -0.39 is 0 Å². The molecule has 2 heteroatoms. The Morgan fingerprint density at radius 3 is 2.57 bits per heavy atom. The number of benzene rings is 1. The van der Waals surface area contributed by atoms with Crippen molar-refractivity contribution in [3.63, 3.8) is 0 Å². The topological polar surface area (TPSA) is 17.1 Å². The van der Waals surface area contributed by atoms with Gasteiger partial charge in [-0.25, -0.2) is 0 Å². The molecule has 0 unspecified atom stereocenters. The van der Waals surface area contributed by atoms with Crippen LogP contribution in [0.2, 0.25) is 0 Å². The highest BCUT2D eigenvalue weighted by Gasteiger charge is 2.10. The Labute approximate surface area is 88.2 Å². The second-order valence-corrected chi connectivity index (χ2v) is 4.55. The fourth-order valence-corrected chi connectivity index (χ4v) is 2.51. The molecule has 0 spiro atoms. The summed E-state index contributed by atoms with van der Waals surface area (Å²) < 4.78 is 0. The number of thioether (sulfide) groups is 1. The smallest absolute Gasteiger partial charge is 0.156 e. The minimum atomic E-state index is 0.273. The quantitative estimate of drug-likeness (QED) is 0.734. The zero-order valence-electron chi connectivity index (χ0n) is 7.90. The molecule has 1 aliphatic rings. The van der Waals surface area contributed by atoms with Crippen molar-refractivity contribution in [3.05, 3.63) is 41.3 Å². The van der Waals surface area contributed by atoms with Crippen molar-refractivity contribution in [2.45, 2.75) is 24.2 Å². The lowest BCUT2D eigenvalue weighted by Crippen LogP contribution is -2.00. The molecule has 1 aliphatic carbocycles. The normalized spacial score (nSPS) is 16.6. The number of allylic oxidation sites excluding steroid dienone is 2. The van der Waals surface area contributed by atoms with Crippen LogP contribution in [-0.2, 0) is 4.79 Å². The average Bonchev–Trinajstić information content (AvgIpc) is 2.19. The van der Waals surface area contributed by atoms with Crippen LogP contribution in [0.4, 0.5) is 0 Å². The molecule has 72 valence electrons. The molecule has 1 nitrogen and oxygen atoms in total. The van der Waals surface area contributed by atoms with Gasteiger partial charge in [0.25, 0.3) is 0 Å². The van der Waals surface area contributed by atoms with E-state index in [1.54, 1.807) is 17.8 Å². The molecule has 0 fully saturated rings. The molecule has 0 atom stereocenters. The zero-order valence-corrected chi connectivity index (χ0v) is 8.72. The van der Waals surface area contributed by atoms with Crippen LogP contribution in [-0.4, -0.2) is 5.78 Å². The molecule has 0 aromatic heterocycles. The molecule has 1 aromatic rings. The van der Waals surface area contributed by atoms with Gasteiger partial charge in [-0.2, -0.15) is 0 Å². The van der Waals surface area contributed by atoms with Crippen molar-refractivity contribution < 1.29 is 4.79 Å². The van der Waals surface area contributed by atoms with E-state index in [1.807, 2.05) is 18.2 Å². The largest absolute Gasteiger partial charge is 0.295 e. The molecule has 0 bridgehead atoms. The lowest BCUT2D eigenvalue weighted by atomic mass is 10.1. The Hall–Kier alpha value is -1.02. The summed E-state index contributed by atoms with van der Waals surface area (Å²) in [6.07, 6.45) is 4.57. The highest BCUT2D eigenvalue weighted by atomic mass is 32.2. The fraction of sp³-hybridized carbons (Fsp3) is 0.250. The maximum Gasteiger partial charge on any atom is 0.156 e. The Kier molecular flexibility index (Phi) is 3.04. The minimum absolute atomic E-state index is 0.273. The van der Waals surface area contributed by atoms with Crippen molar-refractivity contribution in [2.24, 2.45) is 0 Å². The first kappa shape index (κ1) is 9.53. The van der Waals surface area contributed by atoms with Gasteiger partial charge >= 0.3 is 0 Å². The third-order valence-corrected chi connectivity index (χ3v) is 3.25. The zero-order chi connectivity index (χ0) is 9.80. The third-order valence-electron chi connectivity index (χ3n) is 2.16. The van der Waals surface area contributed by atoms with Gasteiger partial charge in [-0.3, -0.25) is 4.79 Å². The SMILES string of the molecule is O=C1C=C(Sc2ccccc2)CCC1. The second kappa shape index (κ2) is 4.47. The van der Waals surface area contributed by atoms with Gasteiger partial charge in [0.15, 0.2) is 5.78 Å². The summed E-state index contributed by atoms with van der Waals surface area (Å²) in [5.74, 6) is 0.273. The number of carbonyl (C=O) groups excluding carboxylic acids is 1. The lowest BCUT2D eigenvalue weighted by molar-refractivity contribution is -0.115. The van der Waals surface area contributed by atoms with Crippen molar-refractivity contribution >= 4 is 17.5 Å². The second-order valence-electron chi connectivity index (χ2n) is 3.35. The standard InChI is InChI=1S/C12H12OS/c13-10-5-4-8-12(9-10)14-11-6-2-1-3-7-11/h1-3,6-7,9H,4-5,8H2. The maximum atomic E-state index is 11.2. The fourth-order valence-electron chi connectivity index (χ4n) is 1.48. The molecule has 0 saturated carbocycles. The predicted molar refractivity (Wildman–Crippen MR) is 59.2 cm³/mol. The molecule has 0 radical (unpaired) electrons. The van der Waals surface area contributed by atoms with E-state index in [-0.39, 0.29) is 5.78 Å². The van der Waals surface area contributed by atoms with E-state index in [1.165, 1.54) is 9.80 Å². The van der Waals surface area contributed by atoms with E-state index in [0.717, 1.165) is 19.3 Å². The predicted octanol–water partition coefficient (Wildman–Crippen LogP) is 3.42. The summed E-state index contributed by atoms with van der Waals surface area (Å²) in [6.45, 7) is 0. The molecule has 0 N–H and O–H groups in total. The Morgan fingerprint density at radius 2 is 1.86 bits per heavy atom. The van der Waals surface area contributed by atoms with Crippen LogP contribution in [0.15, 0.2) is 46.2 Å². The molecule has 2 rings (SSSR count). The van der Waals surface area contributed by atoms with Gasteiger partial charge < -0.3 is 0 Å². The van der Waals surface area contributed by atoms with Gasteiger partial charge in [0, 0.05) is 11.3 Å². The molecule has 0 amide bonds. The summed E-state index contributed by atoms with van der Waals surface area (Å²) in [6, 6.07) is 10.2. The Bertz CT molecular complexity index is 354. The van der Waals surface area contributed by atoms with Gasteiger partial charge in [-0.1, -0.05) is 30.0 Å². The molecule has 0 heterocycles. The highest BCUT2D eigenvalue weighted by Crippen LogP contribution is 2.32. The number of ketones is 1. The number of hydrogen-bond donors (Lipinski definition) is 0. The van der Waals surface area contributed by atoms with Crippen LogP contribution < -0.4 is 0 Å². The van der Waals surface area contributed by atoms with Gasteiger partial charge in [-0.05, 0) is 36.0 Å². The summed E-state index contributed by atoms with van der Waals surface area (Å²) in [7, 11) is 0. The lowest BCUT2D eigenvalue weighted by Gasteiger charge is -2.10. The van der Waals surface area contributed by atoms with Crippen LogP contribution >= 0.6 is 11.8 Å². The van der Waals surface area contributed by atoms with Gasteiger partial charge in [0.05, 0.1) is 0 Å². The molecule has 14 heavy (non-hydrogen) atoms.